The molecule has 1 aromatic rings. The zero-order valence-electron chi connectivity index (χ0n) is 8.69. The van der Waals surface area contributed by atoms with Crippen LogP contribution in [0.1, 0.15) is 36.0 Å². The number of fused-ring (bicyclic) bond motifs is 1. The first-order chi connectivity index (χ1) is 7.22. The van der Waals surface area contributed by atoms with Gasteiger partial charge in [-0.1, -0.05) is 36.4 Å². The van der Waals surface area contributed by atoms with Gasteiger partial charge in [-0.05, 0) is 24.0 Å². The quantitative estimate of drug-likeness (QED) is 0.543. The summed E-state index contributed by atoms with van der Waals surface area (Å²) in [6, 6.07) is 7.78. The fourth-order valence-corrected chi connectivity index (χ4v) is 2.27. The summed E-state index contributed by atoms with van der Waals surface area (Å²) in [5, 5.41) is 19.3. The molecule has 2 N–H and O–H groups in total. The molecule has 0 fully saturated rings. The van der Waals surface area contributed by atoms with Crippen LogP contribution in [-0.4, -0.2) is 16.8 Å². The van der Waals surface area contributed by atoms with Crippen molar-refractivity contribution in [2.45, 2.75) is 24.9 Å². The summed E-state index contributed by atoms with van der Waals surface area (Å²) < 4.78 is 0. The van der Waals surface area contributed by atoms with Crippen LogP contribution in [0.4, 0.5) is 0 Å². The molecule has 1 aliphatic carbocycles. The molecule has 80 valence electrons. The minimum absolute atomic E-state index is 0.0887. The Kier molecular flexibility index (Phi) is 2.89. The Morgan fingerprint density at radius 1 is 1.20 bits per heavy atom. The smallest absolute Gasteiger partial charge is 0.0829 e. The third kappa shape index (κ3) is 1.96. The Morgan fingerprint density at radius 2 is 1.87 bits per heavy atom. The average molecular weight is 204 g/mol. The molecule has 0 spiro atoms. The predicted molar refractivity (Wildman–Crippen MR) is 59.6 cm³/mol. The van der Waals surface area contributed by atoms with Gasteiger partial charge in [0.2, 0.25) is 0 Å². The standard InChI is InChI=1S/C13H16O2/c1-9-6-10(8-14)11-4-2-3-5-12(11)13(15)7-9/h2-5,10,13-15H,1,6-8H2/t10-,13-/m1/s1. The van der Waals surface area contributed by atoms with Gasteiger partial charge in [-0.2, -0.15) is 0 Å². The molecule has 0 radical (unpaired) electrons. The molecule has 2 nitrogen and oxygen atoms in total. The fourth-order valence-electron chi connectivity index (χ4n) is 2.27. The van der Waals surface area contributed by atoms with Crippen molar-refractivity contribution in [3.63, 3.8) is 0 Å². The van der Waals surface area contributed by atoms with E-state index in [1.165, 1.54) is 0 Å². The van der Waals surface area contributed by atoms with E-state index < -0.39 is 6.10 Å². The van der Waals surface area contributed by atoms with Gasteiger partial charge in [0.1, 0.15) is 0 Å². The highest BCUT2D eigenvalue weighted by Gasteiger charge is 2.24. The van der Waals surface area contributed by atoms with Gasteiger partial charge in [0.05, 0.1) is 12.7 Å². The lowest BCUT2D eigenvalue weighted by Crippen LogP contribution is -2.05. The van der Waals surface area contributed by atoms with Gasteiger partial charge in [-0.3, -0.25) is 0 Å². The molecule has 0 saturated heterocycles. The van der Waals surface area contributed by atoms with Gasteiger partial charge >= 0.3 is 0 Å². The highest BCUT2D eigenvalue weighted by atomic mass is 16.3. The molecule has 0 aliphatic heterocycles. The van der Waals surface area contributed by atoms with Crippen LogP contribution in [0, 0.1) is 0 Å². The summed E-state index contributed by atoms with van der Waals surface area (Å²) in [4.78, 5) is 0. The van der Waals surface area contributed by atoms with E-state index in [-0.39, 0.29) is 12.5 Å². The summed E-state index contributed by atoms with van der Waals surface area (Å²) in [6.45, 7) is 4.05. The summed E-state index contributed by atoms with van der Waals surface area (Å²) in [7, 11) is 0. The summed E-state index contributed by atoms with van der Waals surface area (Å²) in [5.74, 6) is 0.0887. The van der Waals surface area contributed by atoms with Crippen molar-refractivity contribution in [2.75, 3.05) is 6.61 Å². The fraction of sp³-hybridized carbons (Fsp3) is 0.385. The van der Waals surface area contributed by atoms with Crippen LogP contribution in [0.2, 0.25) is 0 Å². The van der Waals surface area contributed by atoms with E-state index in [2.05, 4.69) is 6.58 Å². The lowest BCUT2D eigenvalue weighted by molar-refractivity contribution is 0.179. The Balaban J connectivity index is 2.46. The summed E-state index contributed by atoms with van der Waals surface area (Å²) in [5.41, 5.74) is 3.01. The second kappa shape index (κ2) is 4.17. The Labute approximate surface area is 89.9 Å². The monoisotopic (exact) mass is 204 g/mol. The maximum Gasteiger partial charge on any atom is 0.0829 e. The van der Waals surface area contributed by atoms with E-state index in [9.17, 15) is 10.2 Å². The van der Waals surface area contributed by atoms with Crippen LogP contribution < -0.4 is 0 Å². The molecule has 0 saturated carbocycles. The number of hydrogen-bond donors (Lipinski definition) is 2. The van der Waals surface area contributed by atoms with Crippen molar-refractivity contribution in [2.24, 2.45) is 0 Å². The number of hydrogen-bond acceptors (Lipinski definition) is 2. The highest BCUT2D eigenvalue weighted by molar-refractivity contribution is 5.35. The number of benzene rings is 1. The second-order valence-corrected chi connectivity index (χ2v) is 4.18. The number of aliphatic hydroxyl groups excluding tert-OH is 2. The molecular weight excluding hydrogens is 188 g/mol. The Hall–Kier alpha value is -1.12. The molecule has 0 bridgehead atoms. The van der Waals surface area contributed by atoms with E-state index >= 15 is 0 Å². The highest BCUT2D eigenvalue weighted by Crippen LogP contribution is 2.37. The maximum absolute atomic E-state index is 9.98. The third-order valence-corrected chi connectivity index (χ3v) is 3.03. The third-order valence-electron chi connectivity index (χ3n) is 3.03. The lowest BCUT2D eigenvalue weighted by atomic mass is 9.92. The first-order valence-corrected chi connectivity index (χ1v) is 5.26. The van der Waals surface area contributed by atoms with Crippen LogP contribution in [-0.2, 0) is 0 Å². The SMILES string of the molecule is C=C1C[C@H](CO)c2ccccc2[C@H](O)C1. The Morgan fingerprint density at radius 3 is 2.53 bits per heavy atom. The summed E-state index contributed by atoms with van der Waals surface area (Å²) >= 11 is 0. The van der Waals surface area contributed by atoms with E-state index in [0.29, 0.717) is 6.42 Å². The van der Waals surface area contributed by atoms with E-state index in [1.807, 2.05) is 24.3 Å². The first kappa shape index (κ1) is 10.4. The van der Waals surface area contributed by atoms with E-state index in [1.54, 1.807) is 0 Å². The molecule has 2 heteroatoms. The molecule has 0 heterocycles. The Bertz CT molecular complexity index is 371. The average Bonchev–Trinajstić information content (AvgIpc) is 2.36. The van der Waals surface area contributed by atoms with Crippen LogP contribution >= 0.6 is 0 Å². The van der Waals surface area contributed by atoms with Crippen LogP contribution in [0.5, 0.6) is 0 Å². The van der Waals surface area contributed by atoms with Gasteiger partial charge in [-0.25, -0.2) is 0 Å². The molecular formula is C13H16O2. The largest absolute Gasteiger partial charge is 0.396 e. The molecule has 2 rings (SSSR count). The van der Waals surface area contributed by atoms with Gasteiger partial charge in [-0.15, -0.1) is 0 Å². The van der Waals surface area contributed by atoms with Crippen LogP contribution in [0.3, 0.4) is 0 Å². The van der Waals surface area contributed by atoms with Crippen molar-refractivity contribution >= 4 is 0 Å². The molecule has 15 heavy (non-hydrogen) atoms. The van der Waals surface area contributed by atoms with Crippen LogP contribution in [0.15, 0.2) is 36.4 Å². The molecule has 2 atom stereocenters. The van der Waals surface area contributed by atoms with Crippen molar-refractivity contribution < 1.29 is 10.2 Å². The van der Waals surface area contributed by atoms with Crippen molar-refractivity contribution in [3.8, 4) is 0 Å². The van der Waals surface area contributed by atoms with Gasteiger partial charge in [0.15, 0.2) is 0 Å². The minimum atomic E-state index is -0.467. The molecule has 0 amide bonds. The van der Waals surface area contributed by atoms with Crippen LogP contribution in [0.25, 0.3) is 0 Å². The van der Waals surface area contributed by atoms with Crippen molar-refractivity contribution in [3.05, 3.63) is 47.5 Å². The zero-order valence-corrected chi connectivity index (χ0v) is 8.69. The maximum atomic E-state index is 9.98. The van der Waals surface area contributed by atoms with E-state index in [4.69, 9.17) is 0 Å². The normalized spacial score (nSPS) is 25.9. The minimum Gasteiger partial charge on any atom is -0.396 e. The number of rotatable bonds is 1. The second-order valence-electron chi connectivity index (χ2n) is 4.18. The van der Waals surface area contributed by atoms with Gasteiger partial charge in [0.25, 0.3) is 0 Å². The molecule has 1 aromatic carbocycles. The first-order valence-electron chi connectivity index (χ1n) is 5.26. The molecule has 0 aromatic heterocycles. The lowest BCUT2D eigenvalue weighted by Gasteiger charge is -2.15. The van der Waals surface area contributed by atoms with Crippen molar-refractivity contribution in [1.82, 2.24) is 0 Å². The van der Waals surface area contributed by atoms with Gasteiger partial charge in [0, 0.05) is 5.92 Å². The molecule has 1 aliphatic rings. The molecule has 0 unspecified atom stereocenters. The van der Waals surface area contributed by atoms with Gasteiger partial charge < -0.3 is 10.2 Å². The van der Waals surface area contributed by atoms with E-state index in [0.717, 1.165) is 23.1 Å². The zero-order chi connectivity index (χ0) is 10.8. The topological polar surface area (TPSA) is 40.5 Å². The number of aliphatic hydroxyl groups is 2. The summed E-state index contributed by atoms with van der Waals surface area (Å²) in [6.07, 6.45) is 0.906. The van der Waals surface area contributed by atoms with Crippen molar-refractivity contribution in [1.29, 1.82) is 0 Å². The predicted octanol–water partition coefficient (Wildman–Crippen LogP) is 2.15.